The molecule has 0 aromatic heterocycles. The highest BCUT2D eigenvalue weighted by Gasteiger charge is 2.35. The van der Waals surface area contributed by atoms with Crippen molar-refractivity contribution in [3.8, 4) is 0 Å². The summed E-state index contributed by atoms with van der Waals surface area (Å²) >= 11 is 0. The maximum Gasteiger partial charge on any atom is 0.0574 e. The van der Waals surface area contributed by atoms with Gasteiger partial charge in [-0.25, -0.2) is 0 Å². The predicted molar refractivity (Wildman–Crippen MR) is 89.8 cm³/mol. The molecular formula is C18H28ClNO. The third-order valence-corrected chi connectivity index (χ3v) is 5.34. The third-order valence-electron chi connectivity index (χ3n) is 5.34. The number of ether oxygens (including phenoxy) is 1. The zero-order valence-corrected chi connectivity index (χ0v) is 13.8. The van der Waals surface area contributed by atoms with E-state index in [4.69, 9.17) is 4.74 Å². The van der Waals surface area contributed by atoms with Gasteiger partial charge in [0.15, 0.2) is 0 Å². The van der Waals surface area contributed by atoms with Crippen LogP contribution in [0.15, 0.2) is 30.3 Å². The second-order valence-electron chi connectivity index (χ2n) is 6.57. The lowest BCUT2D eigenvalue weighted by molar-refractivity contribution is 0.0103. The van der Waals surface area contributed by atoms with Gasteiger partial charge in [-0.15, -0.1) is 12.4 Å². The Morgan fingerprint density at radius 1 is 1.00 bits per heavy atom. The van der Waals surface area contributed by atoms with E-state index in [-0.39, 0.29) is 12.4 Å². The Labute approximate surface area is 135 Å². The standard InChI is InChI=1S/C18H27NO.ClH/c1-20-18-10-8-15-11-17(9-7-16(15)12-18)19-13-14-5-3-2-4-6-14;/h2-6,15-19H,7-13H2,1H3;1H. The fourth-order valence-corrected chi connectivity index (χ4v) is 4.10. The SMILES string of the molecule is COC1CCC2CC(NCc3ccccc3)CCC2C1.Cl. The van der Waals surface area contributed by atoms with Crippen LogP contribution in [-0.4, -0.2) is 19.3 Å². The summed E-state index contributed by atoms with van der Waals surface area (Å²) in [6.45, 7) is 1.02. The lowest BCUT2D eigenvalue weighted by Crippen LogP contribution is -2.40. The molecule has 2 aliphatic carbocycles. The molecule has 3 heteroatoms. The lowest BCUT2D eigenvalue weighted by Gasteiger charge is -2.42. The van der Waals surface area contributed by atoms with E-state index in [9.17, 15) is 0 Å². The molecule has 2 fully saturated rings. The number of hydrogen-bond donors (Lipinski definition) is 1. The van der Waals surface area contributed by atoms with Gasteiger partial charge >= 0.3 is 0 Å². The van der Waals surface area contributed by atoms with E-state index in [0.29, 0.717) is 6.10 Å². The number of benzene rings is 1. The van der Waals surface area contributed by atoms with Gasteiger partial charge in [-0.3, -0.25) is 0 Å². The van der Waals surface area contributed by atoms with Gasteiger partial charge in [-0.05, 0) is 55.9 Å². The molecule has 0 amide bonds. The van der Waals surface area contributed by atoms with Crippen LogP contribution >= 0.6 is 12.4 Å². The molecule has 118 valence electrons. The van der Waals surface area contributed by atoms with Crippen molar-refractivity contribution in [3.63, 3.8) is 0 Å². The van der Waals surface area contributed by atoms with Crippen molar-refractivity contribution < 1.29 is 4.74 Å². The van der Waals surface area contributed by atoms with Gasteiger partial charge in [0.1, 0.15) is 0 Å². The van der Waals surface area contributed by atoms with Crippen LogP contribution in [-0.2, 0) is 11.3 Å². The maximum absolute atomic E-state index is 5.56. The van der Waals surface area contributed by atoms with Crippen molar-refractivity contribution in [1.82, 2.24) is 5.32 Å². The summed E-state index contributed by atoms with van der Waals surface area (Å²) in [5, 5.41) is 3.76. The van der Waals surface area contributed by atoms with Crippen molar-refractivity contribution in [3.05, 3.63) is 35.9 Å². The minimum atomic E-state index is 0. The zero-order valence-electron chi connectivity index (χ0n) is 13.0. The summed E-state index contributed by atoms with van der Waals surface area (Å²) in [4.78, 5) is 0. The molecule has 0 radical (unpaired) electrons. The number of halogens is 1. The van der Waals surface area contributed by atoms with Gasteiger partial charge < -0.3 is 10.1 Å². The molecule has 4 unspecified atom stereocenters. The van der Waals surface area contributed by atoms with E-state index in [1.807, 2.05) is 7.11 Å². The van der Waals surface area contributed by atoms with E-state index in [1.165, 1.54) is 44.1 Å². The molecule has 0 heterocycles. The first-order chi connectivity index (χ1) is 9.85. The van der Waals surface area contributed by atoms with Crippen molar-refractivity contribution in [2.75, 3.05) is 7.11 Å². The monoisotopic (exact) mass is 309 g/mol. The van der Waals surface area contributed by atoms with Crippen molar-refractivity contribution >= 4 is 12.4 Å². The van der Waals surface area contributed by atoms with Gasteiger partial charge in [-0.1, -0.05) is 30.3 Å². The second kappa shape index (κ2) is 8.17. The summed E-state index contributed by atoms with van der Waals surface area (Å²) in [5.41, 5.74) is 1.40. The number of hydrogen-bond acceptors (Lipinski definition) is 2. The molecule has 0 aliphatic heterocycles. The molecule has 21 heavy (non-hydrogen) atoms. The molecule has 3 rings (SSSR count). The first-order valence-electron chi connectivity index (χ1n) is 8.15. The summed E-state index contributed by atoms with van der Waals surface area (Å²) < 4.78 is 5.56. The van der Waals surface area contributed by atoms with Crippen molar-refractivity contribution in [1.29, 1.82) is 0 Å². The fraction of sp³-hybridized carbons (Fsp3) is 0.667. The van der Waals surface area contributed by atoms with Gasteiger partial charge in [0.05, 0.1) is 6.10 Å². The molecular weight excluding hydrogens is 282 g/mol. The number of nitrogens with one attached hydrogen (secondary N) is 1. The van der Waals surface area contributed by atoms with Crippen LogP contribution in [0.4, 0.5) is 0 Å². The molecule has 0 bridgehead atoms. The largest absolute Gasteiger partial charge is 0.381 e. The van der Waals surface area contributed by atoms with Crippen molar-refractivity contribution in [2.24, 2.45) is 11.8 Å². The molecule has 1 aromatic rings. The molecule has 2 saturated carbocycles. The Kier molecular flexibility index (Phi) is 6.53. The molecule has 0 saturated heterocycles. The molecule has 1 aromatic carbocycles. The van der Waals surface area contributed by atoms with Crippen LogP contribution in [0.3, 0.4) is 0 Å². The Hall–Kier alpha value is -0.570. The van der Waals surface area contributed by atoms with Gasteiger partial charge in [-0.2, -0.15) is 0 Å². The molecule has 2 aliphatic rings. The van der Waals surface area contributed by atoms with Crippen LogP contribution in [0, 0.1) is 11.8 Å². The summed E-state index contributed by atoms with van der Waals surface area (Å²) in [7, 11) is 1.87. The quantitative estimate of drug-likeness (QED) is 0.901. The van der Waals surface area contributed by atoms with Gasteiger partial charge in [0, 0.05) is 19.7 Å². The highest BCUT2D eigenvalue weighted by atomic mass is 35.5. The first kappa shape index (κ1) is 16.8. The van der Waals surface area contributed by atoms with Crippen LogP contribution < -0.4 is 5.32 Å². The molecule has 0 spiro atoms. The van der Waals surface area contributed by atoms with E-state index in [1.54, 1.807) is 0 Å². The van der Waals surface area contributed by atoms with Crippen molar-refractivity contribution in [2.45, 2.75) is 57.2 Å². The average Bonchev–Trinajstić information content (AvgIpc) is 2.53. The van der Waals surface area contributed by atoms with E-state index in [2.05, 4.69) is 35.6 Å². The Balaban J connectivity index is 0.00000161. The molecule has 1 N–H and O–H groups in total. The number of rotatable bonds is 4. The highest BCUT2D eigenvalue weighted by Crippen LogP contribution is 2.41. The normalized spacial score (nSPS) is 32.0. The topological polar surface area (TPSA) is 21.3 Å². The van der Waals surface area contributed by atoms with E-state index >= 15 is 0 Å². The molecule has 4 atom stereocenters. The van der Waals surface area contributed by atoms with Gasteiger partial charge in [0.25, 0.3) is 0 Å². The second-order valence-corrected chi connectivity index (χ2v) is 6.57. The first-order valence-corrected chi connectivity index (χ1v) is 8.15. The summed E-state index contributed by atoms with van der Waals surface area (Å²) in [6, 6.07) is 11.5. The van der Waals surface area contributed by atoms with Crippen LogP contribution in [0.5, 0.6) is 0 Å². The van der Waals surface area contributed by atoms with Gasteiger partial charge in [0.2, 0.25) is 0 Å². The lowest BCUT2D eigenvalue weighted by atomic mass is 9.68. The minimum absolute atomic E-state index is 0. The Morgan fingerprint density at radius 3 is 2.48 bits per heavy atom. The maximum atomic E-state index is 5.56. The van der Waals surface area contributed by atoms with Crippen LogP contribution in [0.2, 0.25) is 0 Å². The highest BCUT2D eigenvalue weighted by molar-refractivity contribution is 5.85. The van der Waals surface area contributed by atoms with Crippen LogP contribution in [0.25, 0.3) is 0 Å². The predicted octanol–water partition coefficient (Wildman–Crippen LogP) is 4.18. The smallest absolute Gasteiger partial charge is 0.0574 e. The van der Waals surface area contributed by atoms with Crippen LogP contribution in [0.1, 0.15) is 44.1 Å². The Bertz CT molecular complexity index is 411. The average molecular weight is 310 g/mol. The number of fused-ring (bicyclic) bond motifs is 1. The Morgan fingerprint density at radius 2 is 1.71 bits per heavy atom. The third kappa shape index (κ3) is 4.45. The fourth-order valence-electron chi connectivity index (χ4n) is 4.10. The minimum Gasteiger partial charge on any atom is -0.381 e. The van der Waals surface area contributed by atoms with E-state index < -0.39 is 0 Å². The van der Waals surface area contributed by atoms with E-state index in [0.717, 1.165) is 24.4 Å². The molecule has 2 nitrogen and oxygen atoms in total. The number of methoxy groups -OCH3 is 1. The summed E-state index contributed by atoms with van der Waals surface area (Å²) in [6.07, 6.45) is 8.56. The summed E-state index contributed by atoms with van der Waals surface area (Å²) in [5.74, 6) is 1.85. The zero-order chi connectivity index (χ0) is 13.8.